The van der Waals surface area contributed by atoms with Gasteiger partial charge in [0.15, 0.2) is 6.10 Å². The van der Waals surface area contributed by atoms with Crippen LogP contribution in [0.5, 0.6) is 5.75 Å². The van der Waals surface area contributed by atoms with Gasteiger partial charge in [0.1, 0.15) is 24.1 Å². The number of benzene rings is 1. The summed E-state index contributed by atoms with van der Waals surface area (Å²) in [6.07, 6.45) is -4.51. The second-order valence-electron chi connectivity index (χ2n) is 5.55. The molecule has 0 radical (unpaired) electrons. The molecule has 0 bridgehead atoms. The Labute approximate surface area is 129 Å². The van der Waals surface area contributed by atoms with Crippen LogP contribution in [0, 0.1) is 6.92 Å². The van der Waals surface area contributed by atoms with Crippen LogP contribution in [0.3, 0.4) is 0 Å². The zero-order valence-corrected chi connectivity index (χ0v) is 13.1. The zero-order valence-electron chi connectivity index (χ0n) is 13.1. The van der Waals surface area contributed by atoms with Gasteiger partial charge in [-0.2, -0.15) is 0 Å². The highest BCUT2D eigenvalue weighted by Crippen LogP contribution is 2.35. The van der Waals surface area contributed by atoms with Crippen molar-refractivity contribution >= 4 is 5.97 Å². The van der Waals surface area contributed by atoms with Gasteiger partial charge in [0.05, 0.1) is 13.2 Å². The molecule has 1 saturated heterocycles. The Morgan fingerprint density at radius 2 is 1.95 bits per heavy atom. The lowest BCUT2D eigenvalue weighted by molar-refractivity contribution is -0.230. The fraction of sp³-hybridized carbons (Fsp3) is 0.562. The Morgan fingerprint density at radius 3 is 2.50 bits per heavy atom. The highest BCUT2D eigenvalue weighted by atomic mass is 16.6. The predicted molar refractivity (Wildman–Crippen MR) is 78.6 cm³/mol. The third-order valence-corrected chi connectivity index (χ3v) is 3.87. The van der Waals surface area contributed by atoms with Gasteiger partial charge < -0.3 is 24.4 Å². The molecule has 0 saturated carbocycles. The van der Waals surface area contributed by atoms with Crippen LogP contribution in [0.2, 0.25) is 0 Å². The SMILES string of the molecule is COc1ccc(C2OC(C)C(OC(C)=O)C(O)C2O)cc1C. The normalized spacial score (nSPS) is 31.6. The molecule has 122 valence electrons. The molecule has 1 aromatic rings. The molecule has 0 amide bonds. The van der Waals surface area contributed by atoms with Crippen LogP contribution in [-0.2, 0) is 14.3 Å². The van der Waals surface area contributed by atoms with E-state index < -0.39 is 36.5 Å². The topological polar surface area (TPSA) is 85.2 Å². The number of aliphatic hydroxyl groups excluding tert-OH is 2. The fourth-order valence-corrected chi connectivity index (χ4v) is 2.75. The van der Waals surface area contributed by atoms with Crippen molar-refractivity contribution in [1.82, 2.24) is 0 Å². The summed E-state index contributed by atoms with van der Waals surface area (Å²) in [5, 5.41) is 20.5. The van der Waals surface area contributed by atoms with E-state index in [2.05, 4.69) is 0 Å². The highest BCUT2D eigenvalue weighted by molar-refractivity contribution is 5.66. The molecule has 1 aliphatic heterocycles. The number of aryl methyl sites for hydroxylation is 1. The minimum Gasteiger partial charge on any atom is -0.496 e. The summed E-state index contributed by atoms with van der Waals surface area (Å²) in [4.78, 5) is 11.1. The third-order valence-electron chi connectivity index (χ3n) is 3.87. The number of carbonyl (C=O) groups is 1. The molecule has 1 fully saturated rings. The Kier molecular flexibility index (Phi) is 5.05. The van der Waals surface area contributed by atoms with Crippen molar-refractivity contribution in [2.45, 2.75) is 51.3 Å². The molecule has 5 unspecified atom stereocenters. The second-order valence-corrected chi connectivity index (χ2v) is 5.55. The Balaban J connectivity index is 2.23. The van der Waals surface area contributed by atoms with Crippen molar-refractivity contribution < 1.29 is 29.2 Å². The molecule has 22 heavy (non-hydrogen) atoms. The van der Waals surface area contributed by atoms with E-state index in [9.17, 15) is 15.0 Å². The second kappa shape index (κ2) is 6.64. The van der Waals surface area contributed by atoms with E-state index in [1.54, 1.807) is 26.2 Å². The molecule has 0 aliphatic carbocycles. The van der Waals surface area contributed by atoms with Gasteiger partial charge in [-0.15, -0.1) is 0 Å². The first kappa shape index (κ1) is 16.7. The summed E-state index contributed by atoms with van der Waals surface area (Å²) < 4.78 is 16.0. The van der Waals surface area contributed by atoms with Crippen molar-refractivity contribution in [2.24, 2.45) is 0 Å². The lowest BCUT2D eigenvalue weighted by Crippen LogP contribution is -2.54. The van der Waals surface area contributed by atoms with Gasteiger partial charge in [0.2, 0.25) is 0 Å². The maximum Gasteiger partial charge on any atom is 0.303 e. The number of aliphatic hydroxyl groups is 2. The number of hydrogen-bond donors (Lipinski definition) is 2. The molecule has 6 heteroatoms. The molecular weight excluding hydrogens is 288 g/mol. The van der Waals surface area contributed by atoms with E-state index in [4.69, 9.17) is 14.2 Å². The monoisotopic (exact) mass is 310 g/mol. The number of hydrogen-bond acceptors (Lipinski definition) is 6. The van der Waals surface area contributed by atoms with Gasteiger partial charge in [-0.25, -0.2) is 0 Å². The molecule has 2 rings (SSSR count). The van der Waals surface area contributed by atoms with Crippen LogP contribution in [0.4, 0.5) is 0 Å². The minimum atomic E-state index is -1.21. The summed E-state index contributed by atoms with van der Waals surface area (Å²) in [5.74, 6) is 0.214. The van der Waals surface area contributed by atoms with E-state index in [0.717, 1.165) is 16.9 Å². The Hall–Kier alpha value is -1.63. The fourth-order valence-electron chi connectivity index (χ4n) is 2.75. The summed E-state index contributed by atoms with van der Waals surface area (Å²) in [6, 6.07) is 5.42. The van der Waals surface area contributed by atoms with Gasteiger partial charge in [0.25, 0.3) is 0 Å². The Bertz CT molecular complexity index is 543. The molecule has 5 atom stereocenters. The first-order valence-corrected chi connectivity index (χ1v) is 7.18. The maximum absolute atomic E-state index is 11.1. The van der Waals surface area contributed by atoms with E-state index in [-0.39, 0.29) is 0 Å². The van der Waals surface area contributed by atoms with Crippen molar-refractivity contribution in [2.75, 3.05) is 7.11 Å². The molecule has 6 nitrogen and oxygen atoms in total. The Morgan fingerprint density at radius 1 is 1.27 bits per heavy atom. The van der Waals surface area contributed by atoms with Gasteiger partial charge in [-0.05, 0) is 37.1 Å². The van der Waals surface area contributed by atoms with Gasteiger partial charge in [0, 0.05) is 6.92 Å². The molecule has 1 aliphatic rings. The van der Waals surface area contributed by atoms with Crippen molar-refractivity contribution in [3.05, 3.63) is 29.3 Å². The number of rotatable bonds is 3. The van der Waals surface area contributed by atoms with Crippen molar-refractivity contribution in [3.63, 3.8) is 0 Å². The number of methoxy groups -OCH3 is 1. The van der Waals surface area contributed by atoms with Crippen LogP contribution in [0.15, 0.2) is 18.2 Å². The zero-order chi connectivity index (χ0) is 16.4. The predicted octanol–water partition coefficient (Wildman–Crippen LogP) is 1.12. The molecular formula is C16H22O6. The van der Waals surface area contributed by atoms with E-state index in [1.165, 1.54) is 6.92 Å². The lowest BCUT2D eigenvalue weighted by Gasteiger charge is -2.41. The van der Waals surface area contributed by atoms with Crippen molar-refractivity contribution in [1.29, 1.82) is 0 Å². The summed E-state index contributed by atoms with van der Waals surface area (Å²) in [7, 11) is 1.59. The van der Waals surface area contributed by atoms with Crippen LogP contribution in [-0.4, -0.2) is 47.7 Å². The summed E-state index contributed by atoms with van der Waals surface area (Å²) >= 11 is 0. The van der Waals surface area contributed by atoms with Crippen LogP contribution < -0.4 is 4.74 Å². The standard InChI is InChI=1S/C16H22O6/c1-8-7-11(5-6-12(8)20-4)16-14(19)13(18)15(9(2)21-16)22-10(3)17/h5-7,9,13-16,18-19H,1-4H3. The van der Waals surface area contributed by atoms with E-state index in [0.29, 0.717) is 0 Å². The molecule has 0 aromatic heterocycles. The lowest BCUT2D eigenvalue weighted by atomic mass is 9.91. The highest BCUT2D eigenvalue weighted by Gasteiger charge is 2.45. The first-order valence-electron chi connectivity index (χ1n) is 7.18. The summed E-state index contributed by atoms with van der Waals surface area (Å²) in [6.45, 7) is 4.84. The largest absolute Gasteiger partial charge is 0.496 e. The molecule has 2 N–H and O–H groups in total. The number of carbonyl (C=O) groups excluding carboxylic acids is 1. The van der Waals surface area contributed by atoms with Crippen LogP contribution >= 0.6 is 0 Å². The van der Waals surface area contributed by atoms with E-state index >= 15 is 0 Å². The first-order chi connectivity index (χ1) is 10.3. The van der Waals surface area contributed by atoms with Gasteiger partial charge >= 0.3 is 5.97 Å². The van der Waals surface area contributed by atoms with Crippen LogP contribution in [0.1, 0.15) is 31.1 Å². The van der Waals surface area contributed by atoms with Gasteiger partial charge in [-0.1, -0.05) is 6.07 Å². The average Bonchev–Trinajstić information content (AvgIpc) is 2.47. The molecule has 1 aromatic carbocycles. The molecule has 1 heterocycles. The smallest absolute Gasteiger partial charge is 0.303 e. The van der Waals surface area contributed by atoms with Crippen LogP contribution in [0.25, 0.3) is 0 Å². The minimum absolute atomic E-state index is 0.523. The molecule has 0 spiro atoms. The maximum atomic E-state index is 11.1. The third kappa shape index (κ3) is 3.24. The summed E-state index contributed by atoms with van der Waals surface area (Å²) in [5.41, 5.74) is 1.64. The number of ether oxygens (including phenoxy) is 3. The number of esters is 1. The average molecular weight is 310 g/mol. The van der Waals surface area contributed by atoms with Crippen molar-refractivity contribution in [3.8, 4) is 5.75 Å². The van der Waals surface area contributed by atoms with E-state index in [1.807, 2.05) is 13.0 Å². The van der Waals surface area contributed by atoms with Gasteiger partial charge in [-0.3, -0.25) is 4.79 Å². The quantitative estimate of drug-likeness (QED) is 0.814.